The molecule has 2 saturated heterocycles. The molecular weight excluding hydrogens is 809 g/mol. The summed E-state index contributed by atoms with van der Waals surface area (Å²) < 4.78 is 5.25. The standard InChI is InChI=1S/C48H58N12O4/c1-31-25-34(7-13-38(31)32(2)53-45(63)46-55-47(56-64-46)48(3,4)5)43-39-26-40(54-44(39)51-29-50-43)35-8-14-41(49-27-35)60-23-21-58(22-24-60)28-33-15-19-59(20-16-33)37-11-9-36(10-12-37)57(6)18-17-42(62)52-30-61/h7-14,25-27,29-30,32-33H,15-24,28H2,1-6H3,(H,53,63)(H,50,51,54)(H,52,61,62). The number of hydrogen-bond acceptors (Lipinski definition) is 13. The molecule has 16 heteroatoms. The predicted octanol–water partition coefficient (Wildman–Crippen LogP) is 6.30. The van der Waals surface area contributed by atoms with Crippen molar-refractivity contribution in [1.82, 2.24) is 45.6 Å². The summed E-state index contributed by atoms with van der Waals surface area (Å²) in [6, 6.07) is 20.7. The van der Waals surface area contributed by atoms with Crippen molar-refractivity contribution in [2.24, 2.45) is 5.92 Å². The Morgan fingerprint density at radius 1 is 0.938 bits per heavy atom. The highest BCUT2D eigenvalue weighted by Crippen LogP contribution is 2.33. The van der Waals surface area contributed by atoms with Gasteiger partial charge in [-0.15, -0.1) is 0 Å². The summed E-state index contributed by atoms with van der Waals surface area (Å²) in [5.41, 5.74) is 8.36. The van der Waals surface area contributed by atoms with Crippen molar-refractivity contribution in [2.75, 3.05) is 74.1 Å². The van der Waals surface area contributed by atoms with Crippen molar-refractivity contribution < 1.29 is 18.9 Å². The van der Waals surface area contributed by atoms with E-state index in [1.807, 2.05) is 64.9 Å². The molecule has 4 aromatic heterocycles. The summed E-state index contributed by atoms with van der Waals surface area (Å²) in [5.74, 6) is 1.43. The normalized spacial score (nSPS) is 15.6. The maximum atomic E-state index is 12.9. The molecule has 6 aromatic rings. The Balaban J connectivity index is 0.818. The number of imide groups is 1. The summed E-state index contributed by atoms with van der Waals surface area (Å²) in [5, 5.41) is 10.1. The molecule has 8 rings (SSSR count). The molecule has 3 amide bonds. The van der Waals surface area contributed by atoms with E-state index in [4.69, 9.17) is 14.5 Å². The molecule has 2 aliphatic heterocycles. The van der Waals surface area contributed by atoms with Crippen molar-refractivity contribution in [3.63, 3.8) is 0 Å². The predicted molar refractivity (Wildman–Crippen MR) is 248 cm³/mol. The Morgan fingerprint density at radius 2 is 1.69 bits per heavy atom. The molecule has 0 bridgehead atoms. The number of fused-ring (bicyclic) bond motifs is 1. The first-order chi connectivity index (χ1) is 30.8. The van der Waals surface area contributed by atoms with E-state index in [9.17, 15) is 14.4 Å². The number of aromatic amines is 1. The number of aromatic nitrogens is 6. The fourth-order valence-electron chi connectivity index (χ4n) is 8.68. The number of hydrogen-bond donors (Lipinski definition) is 3. The highest BCUT2D eigenvalue weighted by molar-refractivity contribution is 5.94. The third kappa shape index (κ3) is 10.1. The Hall–Kier alpha value is -6.68. The minimum atomic E-state index is -0.410. The van der Waals surface area contributed by atoms with Gasteiger partial charge < -0.3 is 29.5 Å². The van der Waals surface area contributed by atoms with Crippen LogP contribution in [0.15, 0.2) is 77.7 Å². The lowest BCUT2D eigenvalue weighted by Crippen LogP contribution is -2.49. The lowest BCUT2D eigenvalue weighted by molar-refractivity contribution is -0.125. The number of nitrogens with zero attached hydrogens (tertiary/aromatic N) is 9. The van der Waals surface area contributed by atoms with Gasteiger partial charge in [-0.3, -0.25) is 24.6 Å². The van der Waals surface area contributed by atoms with Crippen LogP contribution in [0.3, 0.4) is 0 Å². The average Bonchev–Trinajstić information content (AvgIpc) is 3.99. The Bertz CT molecular complexity index is 2570. The molecule has 64 heavy (non-hydrogen) atoms. The van der Waals surface area contributed by atoms with Crippen molar-refractivity contribution in [2.45, 2.75) is 65.3 Å². The van der Waals surface area contributed by atoms with Crippen molar-refractivity contribution in [1.29, 1.82) is 0 Å². The lowest BCUT2D eigenvalue weighted by Gasteiger charge is -2.39. The second kappa shape index (κ2) is 19.0. The number of piperidine rings is 1. The fourth-order valence-corrected chi connectivity index (χ4v) is 8.68. The maximum absolute atomic E-state index is 12.9. The zero-order chi connectivity index (χ0) is 45.0. The number of amides is 3. The number of piperazine rings is 1. The van der Waals surface area contributed by atoms with Crippen LogP contribution in [-0.2, 0) is 15.0 Å². The van der Waals surface area contributed by atoms with E-state index in [1.165, 1.54) is 18.5 Å². The van der Waals surface area contributed by atoms with Gasteiger partial charge in [0.1, 0.15) is 17.8 Å². The van der Waals surface area contributed by atoms with E-state index in [0.29, 0.717) is 24.7 Å². The molecule has 3 N–H and O–H groups in total. The highest BCUT2D eigenvalue weighted by atomic mass is 16.5. The third-order valence-electron chi connectivity index (χ3n) is 12.5. The number of carbonyl (C=O) groups is 3. The summed E-state index contributed by atoms with van der Waals surface area (Å²) in [7, 11) is 1.96. The van der Waals surface area contributed by atoms with Crippen LogP contribution >= 0.6 is 0 Å². The van der Waals surface area contributed by atoms with Crippen LogP contribution in [0.1, 0.15) is 80.6 Å². The number of benzene rings is 2. The minimum absolute atomic E-state index is 0.0493. The molecule has 0 spiro atoms. The van der Waals surface area contributed by atoms with Gasteiger partial charge in [-0.1, -0.05) is 38.1 Å². The van der Waals surface area contributed by atoms with Crippen LogP contribution in [0.25, 0.3) is 33.5 Å². The topological polar surface area (TPSA) is 182 Å². The quantitative estimate of drug-likeness (QED) is 0.104. The molecule has 2 fully saturated rings. The van der Waals surface area contributed by atoms with Gasteiger partial charge in [0.25, 0.3) is 0 Å². The first-order valence-electron chi connectivity index (χ1n) is 22.2. The second-order valence-electron chi connectivity index (χ2n) is 18.1. The van der Waals surface area contributed by atoms with Gasteiger partial charge in [-0.2, -0.15) is 4.98 Å². The summed E-state index contributed by atoms with van der Waals surface area (Å²) in [6.45, 7) is 17.6. The summed E-state index contributed by atoms with van der Waals surface area (Å²) in [6.07, 6.45) is 6.56. The van der Waals surface area contributed by atoms with E-state index < -0.39 is 5.91 Å². The zero-order valence-electron chi connectivity index (χ0n) is 37.6. The summed E-state index contributed by atoms with van der Waals surface area (Å²) >= 11 is 0. The third-order valence-corrected chi connectivity index (χ3v) is 12.5. The SMILES string of the molecule is Cc1cc(-c2ncnc3[nH]c(-c4ccc(N5CCN(CC6CCN(c7ccc(N(C)CCC(=O)NC=O)cc7)CC6)CC5)nc4)cc23)ccc1C(C)NC(=O)c1nc(C(C)(C)C)no1. The zero-order valence-corrected chi connectivity index (χ0v) is 37.6. The number of H-pyrrole nitrogens is 1. The molecule has 1 unspecified atom stereocenters. The number of carbonyl (C=O) groups excluding carboxylic acids is 3. The molecule has 1 atom stereocenters. The molecule has 6 heterocycles. The molecule has 2 aliphatic rings. The molecule has 334 valence electrons. The maximum Gasteiger partial charge on any atom is 0.315 e. The van der Waals surface area contributed by atoms with Gasteiger partial charge in [-0.05, 0) is 92.3 Å². The van der Waals surface area contributed by atoms with Crippen molar-refractivity contribution >= 4 is 46.5 Å². The first-order valence-corrected chi connectivity index (χ1v) is 22.2. The molecule has 0 saturated carbocycles. The molecule has 0 radical (unpaired) electrons. The Morgan fingerprint density at radius 3 is 2.36 bits per heavy atom. The summed E-state index contributed by atoms with van der Waals surface area (Å²) in [4.78, 5) is 66.5. The van der Waals surface area contributed by atoms with Gasteiger partial charge in [0, 0.05) is 111 Å². The number of aryl methyl sites for hydroxylation is 1. The molecule has 2 aromatic carbocycles. The smallest absolute Gasteiger partial charge is 0.315 e. The van der Waals surface area contributed by atoms with Crippen LogP contribution in [0.2, 0.25) is 0 Å². The van der Waals surface area contributed by atoms with Crippen LogP contribution in [0, 0.1) is 12.8 Å². The van der Waals surface area contributed by atoms with Gasteiger partial charge in [-0.25, -0.2) is 15.0 Å². The number of pyridine rings is 1. The monoisotopic (exact) mass is 866 g/mol. The molecule has 16 nitrogen and oxygen atoms in total. The van der Waals surface area contributed by atoms with Crippen LogP contribution in [-0.4, -0.2) is 113 Å². The van der Waals surface area contributed by atoms with E-state index >= 15 is 0 Å². The average molecular weight is 867 g/mol. The number of rotatable bonds is 14. The minimum Gasteiger partial charge on any atom is -0.374 e. The van der Waals surface area contributed by atoms with E-state index in [1.54, 1.807) is 6.33 Å². The Labute approximate surface area is 373 Å². The lowest BCUT2D eigenvalue weighted by atomic mass is 9.95. The van der Waals surface area contributed by atoms with E-state index in [2.05, 4.69) is 94.0 Å². The first kappa shape index (κ1) is 43.9. The fraction of sp³-hybridized carbons (Fsp3) is 0.417. The largest absolute Gasteiger partial charge is 0.374 e. The van der Waals surface area contributed by atoms with E-state index in [0.717, 1.165) is 102 Å². The molecular formula is C48H58N12O4. The number of anilines is 3. The number of nitrogens with one attached hydrogen (secondary N) is 3. The van der Waals surface area contributed by atoms with E-state index in [-0.39, 0.29) is 29.7 Å². The second-order valence-corrected chi connectivity index (χ2v) is 18.1. The van der Waals surface area contributed by atoms with Gasteiger partial charge in [0.15, 0.2) is 5.82 Å². The van der Waals surface area contributed by atoms with Crippen molar-refractivity contribution in [3.8, 4) is 22.5 Å². The van der Waals surface area contributed by atoms with Gasteiger partial charge in [0.2, 0.25) is 12.3 Å². The molecule has 0 aliphatic carbocycles. The van der Waals surface area contributed by atoms with Crippen LogP contribution in [0.4, 0.5) is 17.2 Å². The van der Waals surface area contributed by atoms with Gasteiger partial charge in [0.05, 0.1) is 11.7 Å². The van der Waals surface area contributed by atoms with Crippen molar-refractivity contribution in [3.05, 3.63) is 96.0 Å². The highest BCUT2D eigenvalue weighted by Gasteiger charge is 2.27. The van der Waals surface area contributed by atoms with Crippen LogP contribution in [0.5, 0.6) is 0 Å². The van der Waals surface area contributed by atoms with Crippen LogP contribution < -0.4 is 25.3 Å². The van der Waals surface area contributed by atoms with Gasteiger partial charge >= 0.3 is 11.8 Å². The Kier molecular flexibility index (Phi) is 13.0.